The maximum Gasteiger partial charge on any atom is 0.225 e. The third-order valence-electron chi connectivity index (χ3n) is 7.55. The van der Waals surface area contributed by atoms with Gasteiger partial charge in [0.25, 0.3) is 0 Å². The van der Waals surface area contributed by atoms with Crippen molar-refractivity contribution in [3.63, 3.8) is 0 Å². The van der Waals surface area contributed by atoms with Gasteiger partial charge in [0.15, 0.2) is 11.5 Å². The van der Waals surface area contributed by atoms with E-state index in [1.165, 1.54) is 0 Å². The van der Waals surface area contributed by atoms with Crippen molar-refractivity contribution in [1.82, 2.24) is 4.90 Å². The summed E-state index contributed by atoms with van der Waals surface area (Å²) in [6.07, 6.45) is 1.53. The standard InChI is InChI=1S/C22H29NO7/c1-23-17(24)11-21-16-7-6-15(29-12-28-9-8-26-2)20(21)30-19-14(27-3)5-4-13(18(19)21)10-22(16,23)25/h4-5,15-16,20,25H,6-12H2,1-3H3/t15-,16-,20+,21+,22+/m0/s1. The molecule has 164 valence electrons. The summed E-state index contributed by atoms with van der Waals surface area (Å²) in [6, 6.07) is 3.88. The predicted octanol–water partition coefficient (Wildman–Crippen LogP) is 1.22. The van der Waals surface area contributed by atoms with Gasteiger partial charge in [0.2, 0.25) is 5.91 Å². The number of methoxy groups -OCH3 is 2. The molecule has 2 bridgehead atoms. The van der Waals surface area contributed by atoms with E-state index in [0.717, 1.165) is 24.0 Å². The molecule has 0 aromatic heterocycles. The fourth-order valence-electron chi connectivity index (χ4n) is 6.24. The number of likely N-dealkylation sites (N-methyl/N-ethyl adjacent to an activating group) is 1. The summed E-state index contributed by atoms with van der Waals surface area (Å²) >= 11 is 0. The van der Waals surface area contributed by atoms with Crippen LogP contribution in [0.4, 0.5) is 0 Å². The predicted molar refractivity (Wildman–Crippen MR) is 105 cm³/mol. The molecule has 2 fully saturated rings. The molecular weight excluding hydrogens is 390 g/mol. The first-order valence-electron chi connectivity index (χ1n) is 10.5. The molecule has 5 atom stereocenters. The van der Waals surface area contributed by atoms with Crippen molar-refractivity contribution in [2.24, 2.45) is 5.92 Å². The molecule has 1 aromatic carbocycles. The number of nitrogens with zero attached hydrogens (tertiary/aromatic N) is 1. The molecule has 1 N–H and O–H groups in total. The van der Waals surface area contributed by atoms with Crippen LogP contribution >= 0.6 is 0 Å². The lowest BCUT2D eigenvalue weighted by atomic mass is 9.50. The Balaban J connectivity index is 1.56. The van der Waals surface area contributed by atoms with Gasteiger partial charge in [-0.3, -0.25) is 4.79 Å². The van der Waals surface area contributed by atoms with Gasteiger partial charge >= 0.3 is 0 Å². The van der Waals surface area contributed by atoms with E-state index < -0.39 is 11.1 Å². The molecule has 1 aromatic rings. The van der Waals surface area contributed by atoms with E-state index >= 15 is 0 Å². The molecule has 8 heteroatoms. The van der Waals surface area contributed by atoms with Crippen LogP contribution in [-0.2, 0) is 30.8 Å². The van der Waals surface area contributed by atoms with Gasteiger partial charge in [-0.2, -0.15) is 0 Å². The van der Waals surface area contributed by atoms with Gasteiger partial charge in [-0.1, -0.05) is 6.07 Å². The number of hydrogen-bond donors (Lipinski definition) is 1. The number of rotatable bonds is 7. The van der Waals surface area contributed by atoms with Gasteiger partial charge < -0.3 is 33.7 Å². The zero-order valence-corrected chi connectivity index (χ0v) is 17.7. The third-order valence-corrected chi connectivity index (χ3v) is 7.55. The number of hydrogen-bond acceptors (Lipinski definition) is 7. The molecule has 1 spiro atoms. The highest BCUT2D eigenvalue weighted by atomic mass is 16.7. The van der Waals surface area contributed by atoms with Crippen LogP contribution < -0.4 is 9.47 Å². The Morgan fingerprint density at radius 2 is 2.07 bits per heavy atom. The van der Waals surface area contributed by atoms with Crippen LogP contribution in [0.15, 0.2) is 12.1 Å². The average molecular weight is 419 g/mol. The van der Waals surface area contributed by atoms with E-state index in [4.69, 9.17) is 23.7 Å². The van der Waals surface area contributed by atoms with E-state index in [1.54, 1.807) is 26.2 Å². The number of benzene rings is 1. The van der Waals surface area contributed by atoms with Crippen LogP contribution in [0.5, 0.6) is 11.5 Å². The molecule has 4 aliphatic rings. The molecule has 2 aliphatic carbocycles. The number of carbonyl (C=O) groups excluding carboxylic acids is 1. The van der Waals surface area contributed by atoms with Crippen molar-refractivity contribution in [2.45, 2.75) is 49.0 Å². The van der Waals surface area contributed by atoms with Crippen molar-refractivity contribution in [3.8, 4) is 11.5 Å². The van der Waals surface area contributed by atoms with Gasteiger partial charge in [-0.15, -0.1) is 0 Å². The van der Waals surface area contributed by atoms with Crippen molar-refractivity contribution in [2.75, 3.05) is 41.3 Å². The Kier molecular flexibility index (Phi) is 4.74. The first-order valence-corrected chi connectivity index (χ1v) is 10.5. The normalized spacial score (nSPS) is 35.8. The SMILES string of the molecule is COCCOCO[C@H]1CC[C@H]2[C@]34CC(=O)N(C)[C@@]2(O)Cc2ccc(OC)c(c23)O[C@H]14. The van der Waals surface area contributed by atoms with Crippen LogP contribution in [0, 0.1) is 5.92 Å². The zero-order valence-electron chi connectivity index (χ0n) is 17.7. The first-order chi connectivity index (χ1) is 14.5. The lowest BCUT2D eigenvalue weighted by Gasteiger charge is -2.61. The highest BCUT2D eigenvalue weighted by molar-refractivity contribution is 5.82. The minimum absolute atomic E-state index is 0.0688. The summed E-state index contributed by atoms with van der Waals surface area (Å²) in [7, 11) is 4.96. The number of likely N-dealkylation sites (tertiary alicyclic amines) is 1. The fourth-order valence-corrected chi connectivity index (χ4v) is 6.24. The highest BCUT2D eigenvalue weighted by Gasteiger charge is 2.72. The molecule has 1 saturated heterocycles. The van der Waals surface area contributed by atoms with Crippen LogP contribution in [0.25, 0.3) is 0 Å². The molecule has 30 heavy (non-hydrogen) atoms. The van der Waals surface area contributed by atoms with E-state index in [0.29, 0.717) is 37.6 Å². The highest BCUT2D eigenvalue weighted by Crippen LogP contribution is 2.66. The monoisotopic (exact) mass is 419 g/mol. The topological polar surface area (TPSA) is 86.7 Å². The van der Waals surface area contributed by atoms with Crippen LogP contribution in [0.2, 0.25) is 0 Å². The second-order valence-electron chi connectivity index (χ2n) is 8.75. The molecule has 0 unspecified atom stereocenters. The Labute approximate surface area is 176 Å². The number of piperidine rings is 1. The van der Waals surface area contributed by atoms with Crippen LogP contribution in [0.1, 0.15) is 30.4 Å². The van der Waals surface area contributed by atoms with Crippen molar-refractivity contribution >= 4 is 5.91 Å². The molecule has 1 amide bonds. The fraction of sp³-hybridized carbons (Fsp3) is 0.682. The Hall–Kier alpha value is -1.87. The molecule has 2 aliphatic heterocycles. The number of amides is 1. The summed E-state index contributed by atoms with van der Waals surface area (Å²) in [5, 5.41) is 11.7. The number of carbonyl (C=O) groups is 1. The first kappa shape index (κ1) is 20.1. The molecule has 8 nitrogen and oxygen atoms in total. The largest absolute Gasteiger partial charge is 0.493 e. The van der Waals surface area contributed by atoms with E-state index in [1.807, 2.05) is 12.1 Å². The summed E-state index contributed by atoms with van der Waals surface area (Å²) in [4.78, 5) is 14.6. The van der Waals surface area contributed by atoms with Crippen LogP contribution in [0.3, 0.4) is 0 Å². The third kappa shape index (κ3) is 2.51. The van der Waals surface area contributed by atoms with Crippen molar-refractivity contribution in [1.29, 1.82) is 0 Å². The zero-order chi connectivity index (χ0) is 21.1. The average Bonchev–Trinajstić information content (AvgIpc) is 3.08. The lowest BCUT2D eigenvalue weighted by molar-refractivity contribution is -0.233. The van der Waals surface area contributed by atoms with Gasteiger partial charge in [0.1, 0.15) is 18.6 Å². The minimum Gasteiger partial charge on any atom is -0.493 e. The minimum atomic E-state index is -1.22. The van der Waals surface area contributed by atoms with Gasteiger partial charge in [-0.25, -0.2) is 0 Å². The van der Waals surface area contributed by atoms with Gasteiger partial charge in [0.05, 0.1) is 31.8 Å². The summed E-state index contributed by atoms with van der Waals surface area (Å²) in [5.74, 6) is 1.16. The maximum atomic E-state index is 13.0. The second-order valence-corrected chi connectivity index (χ2v) is 8.75. The number of aliphatic hydroxyl groups is 1. The molecule has 1 saturated carbocycles. The van der Waals surface area contributed by atoms with Gasteiger partial charge in [0, 0.05) is 38.5 Å². The summed E-state index contributed by atoms with van der Waals surface area (Å²) in [6.45, 7) is 1.08. The lowest BCUT2D eigenvalue weighted by Crippen LogP contribution is -2.73. The Morgan fingerprint density at radius 3 is 2.83 bits per heavy atom. The molecular formula is C22H29NO7. The number of ether oxygens (including phenoxy) is 5. The summed E-state index contributed by atoms with van der Waals surface area (Å²) < 4.78 is 28.7. The second kappa shape index (κ2) is 7.09. The van der Waals surface area contributed by atoms with Crippen molar-refractivity contribution < 1.29 is 33.6 Å². The maximum absolute atomic E-state index is 13.0. The van der Waals surface area contributed by atoms with E-state index in [9.17, 15) is 9.90 Å². The smallest absolute Gasteiger partial charge is 0.225 e. The van der Waals surface area contributed by atoms with Gasteiger partial charge in [-0.05, 0) is 24.5 Å². The molecule has 5 rings (SSSR count). The van der Waals surface area contributed by atoms with Crippen molar-refractivity contribution in [3.05, 3.63) is 23.3 Å². The summed E-state index contributed by atoms with van der Waals surface area (Å²) in [5.41, 5.74) is 0.200. The van der Waals surface area contributed by atoms with Crippen LogP contribution in [-0.4, -0.2) is 75.1 Å². The molecule has 0 radical (unpaired) electrons. The Morgan fingerprint density at radius 1 is 1.23 bits per heavy atom. The quantitative estimate of drug-likeness (QED) is 0.525. The van der Waals surface area contributed by atoms with E-state index in [2.05, 4.69) is 0 Å². The molecule has 2 heterocycles. The van der Waals surface area contributed by atoms with E-state index in [-0.39, 0.29) is 30.8 Å². The Bertz CT molecular complexity index is 860.